The minimum absolute atomic E-state index is 0.326. The zero-order chi connectivity index (χ0) is 40.8. The maximum absolute atomic E-state index is 6.51. The highest BCUT2D eigenvalue weighted by molar-refractivity contribution is 6.15. The predicted octanol–water partition coefficient (Wildman–Crippen LogP) is 16.5. The smallest absolute Gasteiger partial charge is 0.137 e. The summed E-state index contributed by atoms with van der Waals surface area (Å²) in [6, 6.07) is 73.5. The van der Waals surface area contributed by atoms with Crippen LogP contribution in [0.25, 0.3) is 82.5 Å². The number of hydrogen-bond acceptors (Lipinski definition) is 2. The minimum Gasteiger partial charge on any atom is -0.456 e. The van der Waals surface area contributed by atoms with Crippen molar-refractivity contribution in [3.8, 4) is 27.9 Å². The van der Waals surface area contributed by atoms with Crippen LogP contribution >= 0.6 is 0 Å². The van der Waals surface area contributed by atoms with Gasteiger partial charge in [0.15, 0.2) is 0 Å². The van der Waals surface area contributed by atoms with Gasteiger partial charge in [0.05, 0.1) is 22.1 Å². The van der Waals surface area contributed by atoms with Crippen LogP contribution in [0, 0.1) is 5.92 Å². The minimum atomic E-state index is 0.326. The molecule has 296 valence electrons. The van der Waals surface area contributed by atoms with Gasteiger partial charge in [-0.05, 0) is 143 Å². The Labute approximate surface area is 361 Å². The Morgan fingerprint density at radius 1 is 0.484 bits per heavy atom. The van der Waals surface area contributed by atoms with Crippen LogP contribution in [0.2, 0.25) is 0 Å². The lowest BCUT2D eigenvalue weighted by atomic mass is 9.77. The van der Waals surface area contributed by atoms with Gasteiger partial charge in [-0.3, -0.25) is 0 Å². The first-order chi connectivity index (χ1) is 30.7. The molecule has 0 aliphatic heterocycles. The van der Waals surface area contributed by atoms with Gasteiger partial charge in [0.25, 0.3) is 0 Å². The number of fused-ring (bicyclic) bond motifs is 9. The number of aromatic nitrogens is 1. The topological polar surface area (TPSA) is 21.3 Å². The third-order valence-corrected chi connectivity index (χ3v) is 14.4. The number of furan rings is 1. The van der Waals surface area contributed by atoms with Crippen LogP contribution in [-0.4, -0.2) is 4.57 Å². The van der Waals surface area contributed by atoms with Crippen molar-refractivity contribution >= 4 is 71.6 Å². The second-order valence-electron chi connectivity index (χ2n) is 17.7. The maximum Gasteiger partial charge on any atom is 0.137 e. The summed E-state index contributed by atoms with van der Waals surface area (Å²) >= 11 is 0. The molecule has 9 aromatic carbocycles. The Morgan fingerprint density at radius 3 is 1.85 bits per heavy atom. The first kappa shape index (κ1) is 35.4. The SMILES string of the molecule is c1ccc(-c2cccc3cccc(-c4ccc(N(c5ccc6c7ccc(C89CCC(CC8)C9)cc7n(-c7ccccc7)c6c5)c5cccc6oc7ccccc7c56)cc4)c23)cc1. The number of rotatable bonds is 7. The second-order valence-corrected chi connectivity index (χ2v) is 17.7. The molecule has 62 heavy (non-hydrogen) atoms. The third-order valence-electron chi connectivity index (χ3n) is 14.4. The van der Waals surface area contributed by atoms with E-state index in [0.717, 1.165) is 44.9 Å². The van der Waals surface area contributed by atoms with Gasteiger partial charge in [-0.2, -0.15) is 0 Å². The van der Waals surface area contributed by atoms with Crippen LogP contribution in [0.15, 0.2) is 205 Å². The van der Waals surface area contributed by atoms with Gasteiger partial charge in [-0.25, -0.2) is 0 Å². The standard InChI is InChI=1S/C59H44N2O/c1-3-12-40(13-4-1)47-19-9-14-42-15-10-20-48(57(42)47)41-24-27-45(28-25-41)60(52-21-11-23-56-58(52)51-18-7-8-22-55(51)62-56)46-29-31-50-49-30-26-43(59-34-32-39(38-59)33-35-59)36-53(49)61(54(50)37-46)44-16-5-2-6-17-44/h1-31,36-37,39H,32-35,38H2. The van der Waals surface area contributed by atoms with Crippen molar-refractivity contribution in [3.05, 3.63) is 206 Å². The summed E-state index contributed by atoms with van der Waals surface area (Å²) in [6.07, 6.45) is 6.71. The van der Waals surface area contributed by atoms with Crippen molar-refractivity contribution in [3.63, 3.8) is 0 Å². The van der Waals surface area contributed by atoms with Gasteiger partial charge in [-0.15, -0.1) is 0 Å². The third kappa shape index (κ3) is 5.44. The molecular formula is C59H44N2O. The zero-order valence-electron chi connectivity index (χ0n) is 34.5. The van der Waals surface area contributed by atoms with Crippen LogP contribution < -0.4 is 4.90 Å². The lowest BCUT2D eigenvalue weighted by molar-refractivity contribution is 0.419. The van der Waals surface area contributed by atoms with Crippen LogP contribution in [0.4, 0.5) is 17.1 Å². The van der Waals surface area contributed by atoms with Gasteiger partial charge in [-0.1, -0.05) is 140 Å². The molecular weight excluding hydrogens is 753 g/mol. The van der Waals surface area contributed by atoms with E-state index < -0.39 is 0 Å². The number of benzene rings is 9. The van der Waals surface area contributed by atoms with E-state index in [1.165, 1.54) is 98.2 Å². The summed E-state index contributed by atoms with van der Waals surface area (Å²) in [5.74, 6) is 0.892. The fourth-order valence-corrected chi connectivity index (χ4v) is 11.5. The lowest BCUT2D eigenvalue weighted by Gasteiger charge is -2.27. The Morgan fingerprint density at radius 2 is 1.11 bits per heavy atom. The van der Waals surface area contributed by atoms with Crippen LogP contribution in [0.1, 0.15) is 37.7 Å². The highest BCUT2D eigenvalue weighted by atomic mass is 16.3. The molecule has 0 radical (unpaired) electrons. The molecule has 2 aliphatic carbocycles. The highest BCUT2D eigenvalue weighted by Crippen LogP contribution is 2.56. The Hall–Kier alpha value is -7.36. The van der Waals surface area contributed by atoms with Gasteiger partial charge in [0.2, 0.25) is 0 Å². The Balaban J connectivity index is 1.02. The van der Waals surface area contributed by atoms with Crippen LogP contribution in [0.3, 0.4) is 0 Å². The number of nitrogens with zero attached hydrogens (tertiary/aromatic N) is 2. The lowest BCUT2D eigenvalue weighted by Crippen LogP contribution is -2.19. The van der Waals surface area contributed by atoms with Gasteiger partial charge in [0, 0.05) is 33.2 Å². The quantitative estimate of drug-likeness (QED) is 0.160. The van der Waals surface area contributed by atoms with Crippen molar-refractivity contribution in [1.82, 2.24) is 4.57 Å². The Bertz CT molecular complexity index is 3490. The zero-order valence-corrected chi connectivity index (χ0v) is 34.5. The molecule has 13 rings (SSSR count). The molecule has 2 aromatic heterocycles. The van der Waals surface area contributed by atoms with Crippen molar-refractivity contribution in [1.29, 1.82) is 0 Å². The fourth-order valence-electron chi connectivity index (χ4n) is 11.5. The first-order valence-corrected chi connectivity index (χ1v) is 22.2. The normalized spacial score (nSPS) is 17.3. The predicted molar refractivity (Wildman–Crippen MR) is 259 cm³/mol. The summed E-state index contributed by atoms with van der Waals surface area (Å²) in [4.78, 5) is 2.43. The van der Waals surface area contributed by atoms with E-state index in [1.54, 1.807) is 0 Å². The maximum atomic E-state index is 6.51. The molecule has 2 bridgehead atoms. The Kier molecular flexibility index (Phi) is 7.90. The van der Waals surface area contributed by atoms with Gasteiger partial charge in [0.1, 0.15) is 11.2 Å². The molecule has 2 saturated carbocycles. The summed E-state index contributed by atoms with van der Waals surface area (Å²) in [5.41, 5.74) is 15.4. The summed E-state index contributed by atoms with van der Waals surface area (Å²) in [6.45, 7) is 0. The van der Waals surface area contributed by atoms with E-state index in [-0.39, 0.29) is 0 Å². The molecule has 2 fully saturated rings. The van der Waals surface area contributed by atoms with Crippen molar-refractivity contribution in [2.45, 2.75) is 37.5 Å². The number of hydrogen-bond donors (Lipinski definition) is 0. The highest BCUT2D eigenvalue weighted by Gasteiger charge is 2.46. The second kappa shape index (κ2) is 13.8. The molecule has 0 unspecified atom stereocenters. The number of para-hydroxylation sites is 2. The molecule has 11 aromatic rings. The van der Waals surface area contributed by atoms with Gasteiger partial charge >= 0.3 is 0 Å². The van der Waals surface area contributed by atoms with Gasteiger partial charge < -0.3 is 13.9 Å². The van der Waals surface area contributed by atoms with E-state index in [0.29, 0.717) is 5.41 Å². The molecule has 0 spiro atoms. The monoisotopic (exact) mass is 796 g/mol. The van der Waals surface area contributed by atoms with Crippen molar-refractivity contribution in [2.24, 2.45) is 5.92 Å². The average molecular weight is 797 g/mol. The molecule has 2 aliphatic rings. The first-order valence-electron chi connectivity index (χ1n) is 22.2. The average Bonchev–Trinajstić information content (AvgIpc) is 4.13. The van der Waals surface area contributed by atoms with E-state index >= 15 is 0 Å². The van der Waals surface area contributed by atoms with Crippen molar-refractivity contribution < 1.29 is 4.42 Å². The molecule has 0 amide bonds. The largest absolute Gasteiger partial charge is 0.456 e. The molecule has 0 saturated heterocycles. The molecule has 2 heterocycles. The van der Waals surface area contributed by atoms with E-state index in [9.17, 15) is 0 Å². The molecule has 0 N–H and O–H groups in total. The van der Waals surface area contributed by atoms with E-state index in [1.807, 2.05) is 0 Å². The summed E-state index contributed by atoms with van der Waals surface area (Å²) in [7, 11) is 0. The summed E-state index contributed by atoms with van der Waals surface area (Å²) < 4.78 is 9.02. The fraction of sp³-hybridized carbons (Fsp3) is 0.119. The van der Waals surface area contributed by atoms with Crippen LogP contribution in [0.5, 0.6) is 0 Å². The van der Waals surface area contributed by atoms with Crippen molar-refractivity contribution in [2.75, 3.05) is 4.90 Å². The molecule has 3 nitrogen and oxygen atoms in total. The molecule has 0 atom stereocenters. The van der Waals surface area contributed by atoms with Crippen LogP contribution in [-0.2, 0) is 5.41 Å². The number of anilines is 3. The summed E-state index contributed by atoms with van der Waals surface area (Å²) in [5, 5.41) is 7.27. The van der Waals surface area contributed by atoms with E-state index in [2.05, 4.69) is 210 Å². The molecule has 3 heteroatoms. The van der Waals surface area contributed by atoms with E-state index in [4.69, 9.17) is 4.42 Å².